The standard InChI is InChI=1S/C12H21NO3/c1-9-7-13(8-10(2)16-9)12(11(14)15)5-3-4-6-12/h9-10H,3-8H2,1-2H3,(H,14,15). The van der Waals surface area contributed by atoms with Crippen LogP contribution in [0.4, 0.5) is 0 Å². The molecule has 2 atom stereocenters. The van der Waals surface area contributed by atoms with E-state index in [-0.39, 0.29) is 12.2 Å². The molecule has 1 heterocycles. The van der Waals surface area contributed by atoms with Gasteiger partial charge in [0.15, 0.2) is 0 Å². The second-order valence-corrected chi connectivity index (χ2v) is 5.21. The first kappa shape index (κ1) is 11.9. The Morgan fingerprint density at radius 2 is 1.75 bits per heavy atom. The van der Waals surface area contributed by atoms with Gasteiger partial charge < -0.3 is 9.84 Å². The molecule has 0 aromatic heterocycles. The normalized spacial score (nSPS) is 35.1. The quantitative estimate of drug-likeness (QED) is 0.776. The Labute approximate surface area is 96.6 Å². The second-order valence-electron chi connectivity index (χ2n) is 5.21. The van der Waals surface area contributed by atoms with E-state index in [4.69, 9.17) is 4.74 Å². The molecule has 0 amide bonds. The maximum atomic E-state index is 11.6. The zero-order valence-electron chi connectivity index (χ0n) is 10.1. The topological polar surface area (TPSA) is 49.8 Å². The van der Waals surface area contributed by atoms with E-state index in [1.807, 2.05) is 13.8 Å². The first-order valence-corrected chi connectivity index (χ1v) is 6.18. The van der Waals surface area contributed by atoms with Crippen molar-refractivity contribution in [2.75, 3.05) is 13.1 Å². The van der Waals surface area contributed by atoms with Crippen LogP contribution in [0, 0.1) is 0 Å². The Hall–Kier alpha value is -0.610. The summed E-state index contributed by atoms with van der Waals surface area (Å²) in [5.41, 5.74) is -0.605. The van der Waals surface area contributed by atoms with Crippen molar-refractivity contribution in [2.24, 2.45) is 0 Å². The Kier molecular flexibility index (Phi) is 3.22. The summed E-state index contributed by atoms with van der Waals surface area (Å²) in [4.78, 5) is 13.7. The number of carboxylic acid groups (broad SMARTS) is 1. The fourth-order valence-corrected chi connectivity index (χ4v) is 3.15. The van der Waals surface area contributed by atoms with E-state index in [0.717, 1.165) is 38.8 Å². The van der Waals surface area contributed by atoms with Gasteiger partial charge in [-0.3, -0.25) is 9.69 Å². The number of carboxylic acids is 1. The number of aliphatic carboxylic acids is 1. The Morgan fingerprint density at radius 3 is 2.19 bits per heavy atom. The molecule has 92 valence electrons. The van der Waals surface area contributed by atoms with Gasteiger partial charge in [0.05, 0.1) is 12.2 Å². The van der Waals surface area contributed by atoms with Crippen molar-refractivity contribution in [2.45, 2.75) is 57.3 Å². The highest BCUT2D eigenvalue weighted by Crippen LogP contribution is 2.37. The summed E-state index contributed by atoms with van der Waals surface area (Å²) in [5, 5.41) is 9.51. The molecular formula is C12H21NO3. The van der Waals surface area contributed by atoms with Gasteiger partial charge in [0, 0.05) is 13.1 Å². The fraction of sp³-hybridized carbons (Fsp3) is 0.917. The molecule has 1 aliphatic carbocycles. The van der Waals surface area contributed by atoms with Crippen molar-refractivity contribution in [3.63, 3.8) is 0 Å². The minimum atomic E-state index is -0.647. The van der Waals surface area contributed by atoms with Gasteiger partial charge in [0.1, 0.15) is 5.54 Å². The molecule has 1 saturated carbocycles. The average molecular weight is 227 g/mol. The van der Waals surface area contributed by atoms with E-state index >= 15 is 0 Å². The van der Waals surface area contributed by atoms with E-state index in [9.17, 15) is 9.90 Å². The molecule has 2 unspecified atom stereocenters. The van der Waals surface area contributed by atoms with Crippen LogP contribution >= 0.6 is 0 Å². The molecule has 0 aromatic carbocycles. The maximum Gasteiger partial charge on any atom is 0.324 e. The van der Waals surface area contributed by atoms with Crippen molar-refractivity contribution in [3.05, 3.63) is 0 Å². The molecule has 0 radical (unpaired) electrons. The van der Waals surface area contributed by atoms with Gasteiger partial charge in [0.2, 0.25) is 0 Å². The lowest BCUT2D eigenvalue weighted by Crippen LogP contribution is -2.59. The molecule has 1 N–H and O–H groups in total. The van der Waals surface area contributed by atoms with Crippen LogP contribution in [0.15, 0.2) is 0 Å². The Bertz CT molecular complexity index is 263. The van der Waals surface area contributed by atoms with Crippen LogP contribution in [0.1, 0.15) is 39.5 Å². The molecular weight excluding hydrogens is 206 g/mol. The maximum absolute atomic E-state index is 11.6. The van der Waals surface area contributed by atoms with Crippen LogP contribution < -0.4 is 0 Å². The van der Waals surface area contributed by atoms with E-state index in [2.05, 4.69) is 4.90 Å². The van der Waals surface area contributed by atoms with Crippen LogP contribution in [-0.4, -0.2) is 46.8 Å². The lowest BCUT2D eigenvalue weighted by molar-refractivity contribution is -0.161. The highest BCUT2D eigenvalue weighted by atomic mass is 16.5. The van der Waals surface area contributed by atoms with Crippen molar-refractivity contribution in [1.29, 1.82) is 0 Å². The van der Waals surface area contributed by atoms with Crippen LogP contribution in [0.25, 0.3) is 0 Å². The molecule has 4 heteroatoms. The van der Waals surface area contributed by atoms with Gasteiger partial charge in [-0.25, -0.2) is 0 Å². The van der Waals surface area contributed by atoms with E-state index in [0.29, 0.717) is 0 Å². The molecule has 16 heavy (non-hydrogen) atoms. The predicted molar refractivity (Wildman–Crippen MR) is 60.4 cm³/mol. The number of hydrogen-bond donors (Lipinski definition) is 1. The van der Waals surface area contributed by atoms with Gasteiger partial charge in [-0.2, -0.15) is 0 Å². The minimum absolute atomic E-state index is 0.139. The Morgan fingerprint density at radius 1 is 1.25 bits per heavy atom. The van der Waals surface area contributed by atoms with Gasteiger partial charge >= 0.3 is 5.97 Å². The van der Waals surface area contributed by atoms with E-state index in [1.54, 1.807) is 0 Å². The number of ether oxygens (including phenoxy) is 1. The van der Waals surface area contributed by atoms with Gasteiger partial charge in [-0.05, 0) is 26.7 Å². The van der Waals surface area contributed by atoms with Crippen molar-refractivity contribution < 1.29 is 14.6 Å². The summed E-state index contributed by atoms with van der Waals surface area (Å²) in [6, 6.07) is 0. The molecule has 1 aliphatic heterocycles. The van der Waals surface area contributed by atoms with E-state index in [1.165, 1.54) is 0 Å². The van der Waals surface area contributed by atoms with E-state index < -0.39 is 11.5 Å². The lowest BCUT2D eigenvalue weighted by atomic mass is 9.93. The summed E-state index contributed by atoms with van der Waals surface area (Å²) in [6.45, 7) is 5.54. The van der Waals surface area contributed by atoms with Gasteiger partial charge in [-0.1, -0.05) is 12.8 Å². The fourth-order valence-electron chi connectivity index (χ4n) is 3.15. The van der Waals surface area contributed by atoms with Crippen LogP contribution in [0.2, 0.25) is 0 Å². The average Bonchev–Trinajstić information content (AvgIpc) is 2.65. The Balaban J connectivity index is 2.17. The predicted octanol–water partition coefficient (Wildman–Crippen LogP) is 1.49. The molecule has 0 aromatic rings. The smallest absolute Gasteiger partial charge is 0.324 e. The number of hydrogen-bond acceptors (Lipinski definition) is 3. The van der Waals surface area contributed by atoms with Crippen molar-refractivity contribution >= 4 is 5.97 Å². The number of nitrogens with zero attached hydrogens (tertiary/aromatic N) is 1. The summed E-state index contributed by atoms with van der Waals surface area (Å²) in [7, 11) is 0. The molecule has 0 bridgehead atoms. The third-order valence-corrected chi connectivity index (χ3v) is 3.85. The summed E-state index contributed by atoms with van der Waals surface area (Å²) >= 11 is 0. The largest absolute Gasteiger partial charge is 0.480 e. The molecule has 2 fully saturated rings. The van der Waals surface area contributed by atoms with Crippen molar-refractivity contribution in [1.82, 2.24) is 4.90 Å². The first-order chi connectivity index (χ1) is 7.54. The third kappa shape index (κ3) is 1.96. The second kappa shape index (κ2) is 4.34. The van der Waals surface area contributed by atoms with Crippen molar-refractivity contribution in [3.8, 4) is 0 Å². The molecule has 2 rings (SSSR count). The number of carbonyl (C=O) groups is 1. The summed E-state index contributed by atoms with van der Waals surface area (Å²) in [5.74, 6) is -0.647. The molecule has 0 spiro atoms. The molecule has 1 saturated heterocycles. The van der Waals surface area contributed by atoms with Crippen LogP contribution in [0.3, 0.4) is 0 Å². The number of morpholine rings is 1. The molecule has 2 aliphatic rings. The van der Waals surface area contributed by atoms with Gasteiger partial charge in [0.25, 0.3) is 0 Å². The number of rotatable bonds is 2. The lowest BCUT2D eigenvalue weighted by Gasteiger charge is -2.44. The monoisotopic (exact) mass is 227 g/mol. The van der Waals surface area contributed by atoms with Crippen LogP contribution in [-0.2, 0) is 9.53 Å². The van der Waals surface area contributed by atoms with Gasteiger partial charge in [-0.15, -0.1) is 0 Å². The van der Waals surface area contributed by atoms with Crippen LogP contribution in [0.5, 0.6) is 0 Å². The minimum Gasteiger partial charge on any atom is -0.480 e. The summed E-state index contributed by atoms with van der Waals surface area (Å²) in [6.07, 6.45) is 3.93. The SMILES string of the molecule is CC1CN(C2(C(=O)O)CCCC2)CC(C)O1. The third-order valence-electron chi connectivity index (χ3n) is 3.85. The zero-order chi connectivity index (χ0) is 11.8. The highest BCUT2D eigenvalue weighted by molar-refractivity contribution is 5.79. The first-order valence-electron chi connectivity index (χ1n) is 6.18. The zero-order valence-corrected chi connectivity index (χ0v) is 10.1. The summed E-state index contributed by atoms with van der Waals surface area (Å²) < 4.78 is 5.67. The molecule has 4 nitrogen and oxygen atoms in total. The highest BCUT2D eigenvalue weighted by Gasteiger charge is 2.48.